The number of aryl methyl sites for hydroxylation is 1. The molecule has 0 unspecified atom stereocenters. The monoisotopic (exact) mass is 482 g/mol. The Morgan fingerprint density at radius 3 is 2.49 bits per heavy atom. The summed E-state index contributed by atoms with van der Waals surface area (Å²) in [6.45, 7) is 2.29. The van der Waals surface area contributed by atoms with Gasteiger partial charge in [0.05, 0.1) is 22.6 Å². The van der Waals surface area contributed by atoms with Crippen molar-refractivity contribution in [3.8, 4) is 40.4 Å². The standard InChI is InChI=1S/C23H18FN3.C9H5N/c1-3-17-8-4-5-10-20(17)21-12-11-19-15(2)26-27(23(19)22(21)24)18-9-6-7-16(13-18)14-25;1-2-4-8-6(3-1)7-5-9(7)10-8/h1,4-13H,14,25H2,2H3;1-5H. The summed E-state index contributed by atoms with van der Waals surface area (Å²) in [5.74, 6) is 2.29. The summed E-state index contributed by atoms with van der Waals surface area (Å²) in [5, 5.41) is 6.64. The van der Waals surface area contributed by atoms with Crippen molar-refractivity contribution in [2.24, 2.45) is 5.73 Å². The smallest absolute Gasteiger partial charge is 0.157 e. The van der Waals surface area contributed by atoms with E-state index in [-0.39, 0.29) is 5.82 Å². The van der Waals surface area contributed by atoms with Gasteiger partial charge in [-0.1, -0.05) is 66.6 Å². The third-order valence-corrected chi connectivity index (χ3v) is 6.64. The normalized spacial score (nSPS) is 11.2. The minimum atomic E-state index is -0.339. The molecule has 4 aromatic carbocycles. The molecule has 7 rings (SSSR count). The summed E-state index contributed by atoms with van der Waals surface area (Å²) in [5.41, 5.74) is 14.2. The van der Waals surface area contributed by atoms with E-state index in [0.29, 0.717) is 28.8 Å². The fraction of sp³-hybridized carbons (Fsp3) is 0.0625. The number of hydrogen-bond donors (Lipinski definition) is 1. The molecule has 5 aromatic rings. The van der Waals surface area contributed by atoms with Crippen LogP contribution >= 0.6 is 0 Å². The highest BCUT2D eigenvalue weighted by molar-refractivity contribution is 6.04. The number of nitrogens with zero attached hydrogens (tertiary/aromatic N) is 3. The Balaban J connectivity index is 0.000000207. The number of para-hydroxylation sites is 1. The Morgan fingerprint density at radius 2 is 1.68 bits per heavy atom. The summed E-state index contributed by atoms with van der Waals surface area (Å²) in [7, 11) is 0. The van der Waals surface area contributed by atoms with Crippen molar-refractivity contribution in [1.82, 2.24) is 14.8 Å². The Bertz CT molecular complexity index is 1860. The Morgan fingerprint density at radius 1 is 0.865 bits per heavy atom. The summed E-state index contributed by atoms with van der Waals surface area (Å²) in [4.78, 5) is 4.35. The number of halogens is 1. The summed E-state index contributed by atoms with van der Waals surface area (Å²) in [6.07, 6.45) is 5.61. The Kier molecular flexibility index (Phi) is 5.52. The minimum absolute atomic E-state index is 0.339. The van der Waals surface area contributed by atoms with Crippen LogP contribution in [0.5, 0.6) is 0 Å². The molecule has 2 heterocycles. The number of aromatic nitrogens is 3. The molecule has 2 N–H and O–H groups in total. The third-order valence-electron chi connectivity index (χ3n) is 6.64. The van der Waals surface area contributed by atoms with Crippen molar-refractivity contribution in [2.75, 3.05) is 0 Å². The molecular formula is C32H23FN4. The number of hydrogen-bond acceptors (Lipinski definition) is 3. The van der Waals surface area contributed by atoms with Gasteiger partial charge in [-0.15, -0.1) is 6.42 Å². The Labute approximate surface area is 214 Å². The summed E-state index contributed by atoms with van der Waals surface area (Å²) in [6, 6.07) is 29.0. The quantitative estimate of drug-likeness (QED) is 0.282. The molecule has 0 bridgehead atoms. The molecule has 37 heavy (non-hydrogen) atoms. The molecule has 0 atom stereocenters. The topological polar surface area (TPSA) is 56.7 Å². The Hall–Kier alpha value is -4.79. The van der Waals surface area contributed by atoms with Crippen LogP contribution in [0, 0.1) is 25.1 Å². The van der Waals surface area contributed by atoms with E-state index in [9.17, 15) is 0 Å². The SMILES string of the molecule is C#Cc1ccccc1-c1ccc2c(C)nn(-c3cccc(CN)c3)c2c1F.c1ccc2c3cc-3nc2c1. The number of pyridine rings is 1. The molecule has 0 radical (unpaired) electrons. The molecule has 5 heteroatoms. The lowest BCUT2D eigenvalue weighted by atomic mass is 9.98. The van der Waals surface area contributed by atoms with Gasteiger partial charge in [0, 0.05) is 39.6 Å². The molecule has 2 aliphatic rings. The largest absolute Gasteiger partial charge is 0.326 e. The molecule has 0 amide bonds. The molecule has 1 aromatic heterocycles. The average molecular weight is 483 g/mol. The van der Waals surface area contributed by atoms with Gasteiger partial charge >= 0.3 is 0 Å². The lowest BCUT2D eigenvalue weighted by molar-refractivity contribution is 0.635. The molecule has 0 fully saturated rings. The maximum absolute atomic E-state index is 15.7. The van der Waals surface area contributed by atoms with Gasteiger partial charge in [0.15, 0.2) is 5.82 Å². The predicted octanol–water partition coefficient (Wildman–Crippen LogP) is 6.80. The lowest BCUT2D eigenvalue weighted by Crippen LogP contribution is -2.02. The first-order valence-corrected chi connectivity index (χ1v) is 12.0. The van der Waals surface area contributed by atoms with Crippen LogP contribution in [0.3, 0.4) is 0 Å². The van der Waals surface area contributed by atoms with Crippen LogP contribution in [0.25, 0.3) is 49.9 Å². The zero-order valence-electron chi connectivity index (χ0n) is 20.2. The van der Waals surface area contributed by atoms with Crippen LogP contribution in [0.2, 0.25) is 0 Å². The molecule has 4 nitrogen and oxygen atoms in total. The van der Waals surface area contributed by atoms with Gasteiger partial charge in [0.2, 0.25) is 0 Å². The highest BCUT2D eigenvalue weighted by Gasteiger charge is 2.19. The summed E-state index contributed by atoms with van der Waals surface area (Å²) < 4.78 is 17.3. The van der Waals surface area contributed by atoms with Crippen molar-refractivity contribution < 1.29 is 4.39 Å². The van der Waals surface area contributed by atoms with Crippen LogP contribution in [-0.4, -0.2) is 14.8 Å². The van der Waals surface area contributed by atoms with Crippen LogP contribution in [-0.2, 0) is 6.54 Å². The van der Waals surface area contributed by atoms with Crippen LogP contribution < -0.4 is 5.73 Å². The maximum atomic E-state index is 15.7. The van der Waals surface area contributed by atoms with Gasteiger partial charge in [0.1, 0.15) is 5.52 Å². The third kappa shape index (κ3) is 3.94. The zero-order valence-corrected chi connectivity index (χ0v) is 20.2. The van der Waals surface area contributed by atoms with E-state index in [1.807, 2.05) is 67.6 Å². The van der Waals surface area contributed by atoms with E-state index in [1.54, 1.807) is 10.7 Å². The molecule has 1 aliphatic heterocycles. The van der Waals surface area contributed by atoms with Gasteiger partial charge in [-0.3, -0.25) is 0 Å². The first-order valence-electron chi connectivity index (χ1n) is 12.0. The van der Waals surface area contributed by atoms with Crippen molar-refractivity contribution in [1.29, 1.82) is 0 Å². The number of rotatable bonds is 3. The lowest BCUT2D eigenvalue weighted by Gasteiger charge is -2.10. The first kappa shape index (κ1) is 22.7. The fourth-order valence-corrected chi connectivity index (χ4v) is 4.71. The van der Waals surface area contributed by atoms with Crippen molar-refractivity contribution in [3.63, 3.8) is 0 Å². The fourth-order valence-electron chi connectivity index (χ4n) is 4.71. The van der Waals surface area contributed by atoms with Crippen molar-refractivity contribution in [3.05, 3.63) is 114 Å². The predicted molar refractivity (Wildman–Crippen MR) is 148 cm³/mol. The van der Waals surface area contributed by atoms with Crippen LogP contribution in [0.1, 0.15) is 16.8 Å². The van der Waals surface area contributed by atoms with Gasteiger partial charge in [-0.05, 0) is 42.8 Å². The first-order chi connectivity index (χ1) is 18.1. The molecule has 0 saturated heterocycles. The van der Waals surface area contributed by atoms with E-state index in [0.717, 1.165) is 27.8 Å². The van der Waals surface area contributed by atoms with E-state index in [2.05, 4.69) is 40.3 Å². The van der Waals surface area contributed by atoms with E-state index in [1.165, 1.54) is 16.6 Å². The van der Waals surface area contributed by atoms with Crippen LogP contribution in [0.4, 0.5) is 4.39 Å². The van der Waals surface area contributed by atoms with E-state index < -0.39 is 0 Å². The number of benzene rings is 4. The van der Waals surface area contributed by atoms with Crippen molar-refractivity contribution in [2.45, 2.75) is 13.5 Å². The van der Waals surface area contributed by atoms with Gasteiger partial charge in [-0.25, -0.2) is 14.1 Å². The van der Waals surface area contributed by atoms with E-state index >= 15 is 4.39 Å². The zero-order chi connectivity index (χ0) is 25.5. The second kappa shape index (κ2) is 9.02. The molecule has 1 aliphatic carbocycles. The molecule has 0 spiro atoms. The molecule has 0 saturated carbocycles. The maximum Gasteiger partial charge on any atom is 0.157 e. The number of fused-ring (bicyclic) bond motifs is 4. The molecular weight excluding hydrogens is 459 g/mol. The van der Waals surface area contributed by atoms with E-state index in [4.69, 9.17) is 12.2 Å². The average Bonchev–Trinajstić information content (AvgIpc) is 3.49. The second-order valence-electron chi connectivity index (χ2n) is 8.96. The highest BCUT2D eigenvalue weighted by Crippen LogP contribution is 2.39. The summed E-state index contributed by atoms with van der Waals surface area (Å²) >= 11 is 0. The van der Waals surface area contributed by atoms with Gasteiger partial charge < -0.3 is 5.73 Å². The molecule has 178 valence electrons. The van der Waals surface area contributed by atoms with Crippen molar-refractivity contribution >= 4 is 21.8 Å². The minimum Gasteiger partial charge on any atom is -0.326 e. The van der Waals surface area contributed by atoms with Crippen LogP contribution in [0.15, 0.2) is 91.0 Å². The number of nitrogens with two attached hydrogens (primary N) is 1. The van der Waals surface area contributed by atoms with Gasteiger partial charge in [-0.2, -0.15) is 5.10 Å². The van der Waals surface area contributed by atoms with Gasteiger partial charge in [0.25, 0.3) is 0 Å². The second-order valence-corrected chi connectivity index (χ2v) is 8.96. The number of terminal acetylenes is 1. The highest BCUT2D eigenvalue weighted by atomic mass is 19.1.